The number of nitrogens with one attached hydrogen (secondary N) is 1. The molecule has 0 spiro atoms. The largest absolute Gasteiger partial charge is 0.350 e. The van der Waals surface area contributed by atoms with Crippen molar-refractivity contribution in [3.8, 4) is 0 Å². The Hall–Kier alpha value is -3.02. The van der Waals surface area contributed by atoms with Gasteiger partial charge in [-0.25, -0.2) is 8.78 Å². The van der Waals surface area contributed by atoms with E-state index in [1.54, 1.807) is 11.5 Å². The Kier molecular flexibility index (Phi) is 4.61. The van der Waals surface area contributed by atoms with Crippen LogP contribution in [0.1, 0.15) is 15.9 Å². The minimum atomic E-state index is -1.08. The van der Waals surface area contributed by atoms with Crippen molar-refractivity contribution in [1.29, 1.82) is 0 Å². The Morgan fingerprint density at radius 2 is 1.84 bits per heavy atom. The van der Waals surface area contributed by atoms with Gasteiger partial charge in [-0.05, 0) is 42.6 Å². The number of hydrogen-bond acceptors (Lipinski definition) is 2. The number of nitrogens with zero attached hydrogens (tertiary/aromatic N) is 1. The summed E-state index contributed by atoms with van der Waals surface area (Å²) in [6, 6.07) is 12.3. The molecule has 1 aromatic heterocycles. The molecule has 3 aromatic rings. The molecule has 0 aliphatic heterocycles. The molecule has 3 rings (SSSR count). The Balaban J connectivity index is 1.77. The summed E-state index contributed by atoms with van der Waals surface area (Å²) < 4.78 is 27.7. The summed E-state index contributed by atoms with van der Waals surface area (Å²) in [5.41, 5.74) is 1.30. The number of para-hydroxylation sites is 1. The molecular formula is C19H16F2N2O2. The highest BCUT2D eigenvalue weighted by molar-refractivity contribution is 5.94. The average Bonchev–Trinajstić information content (AvgIpc) is 2.60. The summed E-state index contributed by atoms with van der Waals surface area (Å²) in [6.45, 7) is 2.20. The van der Waals surface area contributed by atoms with Crippen LogP contribution in [0.25, 0.3) is 10.9 Å². The van der Waals surface area contributed by atoms with E-state index in [9.17, 15) is 18.4 Å². The molecular weight excluding hydrogens is 326 g/mol. The van der Waals surface area contributed by atoms with Crippen molar-refractivity contribution in [2.24, 2.45) is 0 Å². The van der Waals surface area contributed by atoms with Crippen LogP contribution in [0, 0.1) is 18.6 Å². The molecule has 6 heteroatoms. The van der Waals surface area contributed by atoms with Crippen molar-refractivity contribution in [3.63, 3.8) is 0 Å². The normalized spacial score (nSPS) is 10.8. The summed E-state index contributed by atoms with van der Waals surface area (Å²) >= 11 is 0. The SMILES string of the molecule is Cc1cc2ccccc2n(CCNC(=O)c2ccc(F)c(F)c2)c1=O. The predicted octanol–water partition coefficient (Wildman–Crippen LogP) is 3.02. The fourth-order valence-electron chi connectivity index (χ4n) is 2.72. The van der Waals surface area contributed by atoms with Crippen LogP contribution in [-0.2, 0) is 6.54 Å². The van der Waals surface area contributed by atoms with Gasteiger partial charge in [-0.2, -0.15) is 0 Å². The average molecular weight is 342 g/mol. The fraction of sp³-hybridized carbons (Fsp3) is 0.158. The highest BCUT2D eigenvalue weighted by atomic mass is 19.2. The number of aryl methyl sites for hydroxylation is 1. The van der Waals surface area contributed by atoms with Crippen LogP contribution in [0.3, 0.4) is 0 Å². The second-order valence-electron chi connectivity index (χ2n) is 5.73. The molecule has 0 saturated carbocycles. The third-order valence-electron chi connectivity index (χ3n) is 3.98. The standard InChI is InChI=1S/C19H16F2N2O2/c1-12-10-13-4-2-3-5-17(13)23(19(12)25)9-8-22-18(24)14-6-7-15(20)16(21)11-14/h2-7,10-11H,8-9H2,1H3,(H,22,24). The molecule has 0 atom stereocenters. The molecule has 1 heterocycles. The van der Waals surface area contributed by atoms with E-state index in [4.69, 9.17) is 0 Å². The highest BCUT2D eigenvalue weighted by Crippen LogP contribution is 2.13. The molecule has 0 saturated heterocycles. The van der Waals surface area contributed by atoms with Crippen molar-refractivity contribution < 1.29 is 13.6 Å². The van der Waals surface area contributed by atoms with Crippen molar-refractivity contribution in [2.45, 2.75) is 13.5 Å². The highest BCUT2D eigenvalue weighted by Gasteiger charge is 2.10. The van der Waals surface area contributed by atoms with Crippen LogP contribution in [0.4, 0.5) is 8.78 Å². The van der Waals surface area contributed by atoms with E-state index in [0.717, 1.165) is 23.0 Å². The zero-order valence-corrected chi connectivity index (χ0v) is 13.6. The summed E-state index contributed by atoms with van der Waals surface area (Å²) in [6.07, 6.45) is 0. The number of carbonyl (C=O) groups is 1. The maximum atomic E-state index is 13.2. The van der Waals surface area contributed by atoms with Gasteiger partial charge in [0.1, 0.15) is 0 Å². The molecule has 1 N–H and O–H groups in total. The van der Waals surface area contributed by atoms with E-state index < -0.39 is 17.5 Å². The van der Waals surface area contributed by atoms with Crippen molar-refractivity contribution in [2.75, 3.05) is 6.54 Å². The Morgan fingerprint density at radius 3 is 2.60 bits per heavy atom. The van der Waals surface area contributed by atoms with Crippen LogP contribution < -0.4 is 10.9 Å². The molecule has 2 aromatic carbocycles. The Labute approximate surface area is 142 Å². The van der Waals surface area contributed by atoms with Gasteiger partial charge in [0.15, 0.2) is 11.6 Å². The van der Waals surface area contributed by atoms with Gasteiger partial charge in [-0.3, -0.25) is 9.59 Å². The second-order valence-corrected chi connectivity index (χ2v) is 5.73. The number of aromatic nitrogens is 1. The van der Waals surface area contributed by atoms with E-state index in [-0.39, 0.29) is 24.2 Å². The number of carbonyl (C=O) groups excluding carboxylic acids is 1. The lowest BCUT2D eigenvalue weighted by Gasteiger charge is -2.12. The first-order chi connectivity index (χ1) is 12.0. The Bertz CT molecular complexity index is 1010. The van der Waals surface area contributed by atoms with Crippen LogP contribution in [0.2, 0.25) is 0 Å². The molecule has 4 nitrogen and oxygen atoms in total. The van der Waals surface area contributed by atoms with Crippen molar-refractivity contribution >= 4 is 16.8 Å². The number of amides is 1. The number of hydrogen-bond donors (Lipinski definition) is 1. The van der Waals surface area contributed by atoms with Gasteiger partial charge in [-0.1, -0.05) is 18.2 Å². The van der Waals surface area contributed by atoms with E-state index in [0.29, 0.717) is 5.56 Å². The number of halogens is 2. The number of rotatable bonds is 4. The first kappa shape index (κ1) is 16.8. The van der Waals surface area contributed by atoms with Gasteiger partial charge in [0, 0.05) is 24.2 Å². The van der Waals surface area contributed by atoms with Gasteiger partial charge in [0.25, 0.3) is 11.5 Å². The lowest BCUT2D eigenvalue weighted by molar-refractivity contribution is 0.0951. The molecule has 0 aliphatic rings. The van der Waals surface area contributed by atoms with Crippen molar-refractivity contribution in [3.05, 3.63) is 81.6 Å². The Morgan fingerprint density at radius 1 is 1.08 bits per heavy atom. The zero-order valence-electron chi connectivity index (χ0n) is 13.6. The van der Waals surface area contributed by atoms with Gasteiger partial charge >= 0.3 is 0 Å². The zero-order chi connectivity index (χ0) is 18.0. The molecule has 0 unspecified atom stereocenters. The number of pyridine rings is 1. The van der Waals surface area contributed by atoms with Crippen LogP contribution in [-0.4, -0.2) is 17.0 Å². The molecule has 0 radical (unpaired) electrons. The summed E-state index contributed by atoms with van der Waals surface area (Å²) in [7, 11) is 0. The van der Waals surface area contributed by atoms with E-state index >= 15 is 0 Å². The van der Waals surface area contributed by atoms with Gasteiger partial charge in [0.05, 0.1) is 5.52 Å². The minimum Gasteiger partial charge on any atom is -0.350 e. The van der Waals surface area contributed by atoms with Crippen LogP contribution in [0.5, 0.6) is 0 Å². The first-order valence-electron chi connectivity index (χ1n) is 7.80. The van der Waals surface area contributed by atoms with Gasteiger partial charge < -0.3 is 9.88 Å². The fourth-order valence-corrected chi connectivity index (χ4v) is 2.72. The first-order valence-corrected chi connectivity index (χ1v) is 7.80. The number of benzene rings is 2. The maximum Gasteiger partial charge on any atom is 0.254 e. The summed E-state index contributed by atoms with van der Waals surface area (Å²) in [5, 5.41) is 3.55. The lowest BCUT2D eigenvalue weighted by atomic mass is 10.1. The molecule has 128 valence electrons. The van der Waals surface area contributed by atoms with Crippen LogP contribution in [0.15, 0.2) is 53.3 Å². The third kappa shape index (κ3) is 3.42. The molecule has 0 fully saturated rings. The molecule has 0 aliphatic carbocycles. The molecule has 0 bridgehead atoms. The van der Waals surface area contributed by atoms with Crippen molar-refractivity contribution in [1.82, 2.24) is 9.88 Å². The minimum absolute atomic E-state index is 0.0281. The number of fused-ring (bicyclic) bond motifs is 1. The lowest BCUT2D eigenvalue weighted by Crippen LogP contribution is -2.31. The van der Waals surface area contributed by atoms with E-state index in [1.807, 2.05) is 30.3 Å². The van der Waals surface area contributed by atoms with E-state index in [2.05, 4.69) is 5.32 Å². The van der Waals surface area contributed by atoms with Crippen LogP contribution >= 0.6 is 0 Å². The maximum absolute atomic E-state index is 13.2. The third-order valence-corrected chi connectivity index (χ3v) is 3.98. The predicted molar refractivity (Wildman–Crippen MR) is 91.6 cm³/mol. The van der Waals surface area contributed by atoms with Gasteiger partial charge in [0.2, 0.25) is 0 Å². The smallest absolute Gasteiger partial charge is 0.254 e. The molecule has 1 amide bonds. The summed E-state index contributed by atoms with van der Waals surface area (Å²) in [4.78, 5) is 24.4. The monoisotopic (exact) mass is 342 g/mol. The van der Waals surface area contributed by atoms with Gasteiger partial charge in [-0.15, -0.1) is 0 Å². The summed E-state index contributed by atoms with van der Waals surface area (Å²) in [5.74, 6) is -2.60. The quantitative estimate of drug-likeness (QED) is 0.792. The van der Waals surface area contributed by atoms with E-state index in [1.165, 1.54) is 6.07 Å². The molecule has 25 heavy (non-hydrogen) atoms. The second kappa shape index (κ2) is 6.84. The topological polar surface area (TPSA) is 51.1 Å².